The first-order chi connectivity index (χ1) is 13.2. The molecule has 2 N–H and O–H groups in total. The Hall–Kier alpha value is -2.21. The molecule has 2 aromatic carbocycles. The molecule has 0 amide bonds. The average Bonchev–Trinajstić information content (AvgIpc) is 3.06. The van der Waals surface area contributed by atoms with Gasteiger partial charge in [0.25, 0.3) is 0 Å². The van der Waals surface area contributed by atoms with Crippen LogP contribution >= 0.6 is 22.9 Å². The molecular weight excluding hydrogens is 381 g/mol. The first-order valence-electron chi connectivity index (χ1n) is 8.85. The van der Waals surface area contributed by atoms with E-state index in [0.29, 0.717) is 5.02 Å². The Balaban J connectivity index is 1.27. The summed E-state index contributed by atoms with van der Waals surface area (Å²) in [5, 5.41) is 11.9. The summed E-state index contributed by atoms with van der Waals surface area (Å²) in [6.45, 7) is 2.56. The number of pyridine rings is 1. The number of halogens is 2. The number of hydrogen-bond donors (Lipinski definition) is 2. The highest BCUT2D eigenvalue weighted by molar-refractivity contribution is 7.17. The highest BCUT2D eigenvalue weighted by Gasteiger charge is 2.05. The van der Waals surface area contributed by atoms with Crippen LogP contribution in [0, 0.1) is 5.82 Å². The molecule has 0 aliphatic heterocycles. The predicted octanol–water partition coefficient (Wildman–Crippen LogP) is 5.83. The van der Waals surface area contributed by atoms with Crippen molar-refractivity contribution >= 4 is 49.6 Å². The number of thiophene rings is 1. The Morgan fingerprint density at radius 2 is 1.93 bits per heavy atom. The lowest BCUT2D eigenvalue weighted by molar-refractivity contribution is 0.630. The van der Waals surface area contributed by atoms with Gasteiger partial charge in [0.05, 0.1) is 5.52 Å². The van der Waals surface area contributed by atoms with Gasteiger partial charge in [0.2, 0.25) is 0 Å². The third-order valence-electron chi connectivity index (χ3n) is 4.48. The predicted molar refractivity (Wildman–Crippen MR) is 113 cm³/mol. The fourth-order valence-electron chi connectivity index (χ4n) is 3.13. The van der Waals surface area contributed by atoms with Crippen molar-refractivity contribution in [3.05, 3.63) is 70.4 Å². The fourth-order valence-corrected chi connectivity index (χ4v) is 4.28. The molecule has 0 fully saturated rings. The zero-order chi connectivity index (χ0) is 18.6. The molecule has 0 radical (unpaired) electrons. The van der Waals surface area contributed by atoms with Crippen LogP contribution in [0.5, 0.6) is 0 Å². The molecule has 3 nitrogen and oxygen atoms in total. The number of benzene rings is 2. The second-order valence-corrected chi connectivity index (χ2v) is 7.73. The lowest BCUT2D eigenvalue weighted by atomic mass is 10.1. The highest BCUT2D eigenvalue weighted by atomic mass is 35.5. The van der Waals surface area contributed by atoms with Gasteiger partial charge in [-0.1, -0.05) is 17.7 Å². The van der Waals surface area contributed by atoms with Crippen molar-refractivity contribution in [2.24, 2.45) is 0 Å². The molecule has 0 bridgehead atoms. The Morgan fingerprint density at radius 3 is 2.85 bits per heavy atom. The Morgan fingerprint density at radius 1 is 1.04 bits per heavy atom. The Kier molecular flexibility index (Phi) is 5.53. The van der Waals surface area contributed by atoms with Crippen molar-refractivity contribution < 1.29 is 4.39 Å². The topological polar surface area (TPSA) is 37.0 Å². The first kappa shape index (κ1) is 18.2. The molecule has 0 spiro atoms. The third-order valence-corrected chi connectivity index (χ3v) is 5.71. The van der Waals surface area contributed by atoms with E-state index < -0.39 is 0 Å². The molecule has 2 heterocycles. The molecule has 27 heavy (non-hydrogen) atoms. The van der Waals surface area contributed by atoms with Crippen molar-refractivity contribution in [1.82, 2.24) is 10.3 Å². The largest absolute Gasteiger partial charge is 0.384 e. The Labute approximate surface area is 166 Å². The van der Waals surface area contributed by atoms with E-state index >= 15 is 0 Å². The maximum absolute atomic E-state index is 13.3. The second-order valence-electron chi connectivity index (χ2n) is 6.38. The number of nitrogens with one attached hydrogen (secondary N) is 2. The van der Waals surface area contributed by atoms with E-state index in [-0.39, 0.29) is 5.82 Å². The quantitative estimate of drug-likeness (QED) is 0.383. The van der Waals surface area contributed by atoms with E-state index in [2.05, 4.69) is 21.0 Å². The standard InChI is InChI=1S/C21H19ClFN3S/c22-15-2-4-18-19(6-9-26-20(18)10-15)25-8-1-7-24-12-14-13-27-21-11-16(23)3-5-17(14)21/h2-6,9-11,13,24H,1,7-8,12H2,(H,25,26). The van der Waals surface area contributed by atoms with Crippen LogP contribution in [0.2, 0.25) is 5.02 Å². The van der Waals surface area contributed by atoms with Crippen LogP contribution in [-0.4, -0.2) is 18.1 Å². The van der Waals surface area contributed by atoms with E-state index in [1.807, 2.05) is 30.3 Å². The smallest absolute Gasteiger partial charge is 0.124 e. The van der Waals surface area contributed by atoms with Gasteiger partial charge < -0.3 is 10.6 Å². The van der Waals surface area contributed by atoms with Crippen LogP contribution < -0.4 is 10.6 Å². The minimum atomic E-state index is -0.180. The normalized spacial score (nSPS) is 11.3. The maximum Gasteiger partial charge on any atom is 0.124 e. The molecule has 6 heteroatoms. The van der Waals surface area contributed by atoms with Gasteiger partial charge in [-0.3, -0.25) is 4.98 Å². The van der Waals surface area contributed by atoms with Crippen LogP contribution in [-0.2, 0) is 6.54 Å². The number of nitrogens with zero attached hydrogens (tertiary/aromatic N) is 1. The minimum absolute atomic E-state index is 0.180. The van der Waals surface area contributed by atoms with E-state index in [4.69, 9.17) is 11.6 Å². The van der Waals surface area contributed by atoms with Gasteiger partial charge in [0.15, 0.2) is 0 Å². The third kappa shape index (κ3) is 4.21. The van der Waals surface area contributed by atoms with Gasteiger partial charge in [-0.25, -0.2) is 4.39 Å². The number of fused-ring (bicyclic) bond motifs is 2. The molecule has 2 aromatic heterocycles. The lowest BCUT2D eigenvalue weighted by Crippen LogP contribution is -2.17. The molecule has 0 saturated carbocycles. The van der Waals surface area contributed by atoms with Crippen molar-refractivity contribution in [3.63, 3.8) is 0 Å². The second kappa shape index (κ2) is 8.21. The SMILES string of the molecule is Fc1ccc2c(CNCCCNc3ccnc4cc(Cl)ccc34)csc2c1. The molecule has 0 atom stereocenters. The summed E-state index contributed by atoms with van der Waals surface area (Å²) in [4.78, 5) is 4.36. The van der Waals surface area contributed by atoms with Crippen LogP contribution in [0.4, 0.5) is 10.1 Å². The van der Waals surface area contributed by atoms with Crippen LogP contribution in [0.1, 0.15) is 12.0 Å². The molecular formula is C21H19ClFN3S. The van der Waals surface area contributed by atoms with Crippen LogP contribution in [0.15, 0.2) is 54.0 Å². The molecule has 0 aliphatic rings. The van der Waals surface area contributed by atoms with Crippen LogP contribution in [0.25, 0.3) is 21.0 Å². The van der Waals surface area contributed by atoms with Gasteiger partial charge in [0.1, 0.15) is 5.82 Å². The molecule has 0 saturated heterocycles. The zero-order valence-corrected chi connectivity index (χ0v) is 16.2. The minimum Gasteiger partial charge on any atom is -0.384 e. The van der Waals surface area contributed by atoms with E-state index in [1.54, 1.807) is 23.6 Å². The highest BCUT2D eigenvalue weighted by Crippen LogP contribution is 2.27. The summed E-state index contributed by atoms with van der Waals surface area (Å²) in [5.74, 6) is -0.180. The average molecular weight is 400 g/mol. The fraction of sp³-hybridized carbons (Fsp3) is 0.190. The molecule has 4 rings (SSSR count). The van der Waals surface area contributed by atoms with E-state index in [9.17, 15) is 4.39 Å². The number of anilines is 1. The monoisotopic (exact) mass is 399 g/mol. The summed E-state index contributed by atoms with van der Waals surface area (Å²) in [6, 6.07) is 12.7. The number of rotatable bonds is 7. The summed E-state index contributed by atoms with van der Waals surface area (Å²) in [6.07, 6.45) is 2.79. The molecule has 4 aromatic rings. The molecule has 0 aliphatic carbocycles. The number of hydrogen-bond acceptors (Lipinski definition) is 4. The van der Waals surface area contributed by atoms with Gasteiger partial charge in [-0.05, 0) is 65.7 Å². The molecule has 138 valence electrons. The van der Waals surface area contributed by atoms with Gasteiger partial charge in [-0.15, -0.1) is 11.3 Å². The van der Waals surface area contributed by atoms with Gasteiger partial charge in [-0.2, -0.15) is 0 Å². The Bertz CT molecular complexity index is 1080. The van der Waals surface area contributed by atoms with Crippen molar-refractivity contribution in [2.75, 3.05) is 18.4 Å². The number of aromatic nitrogens is 1. The summed E-state index contributed by atoms with van der Waals surface area (Å²) in [5.41, 5.74) is 3.19. The van der Waals surface area contributed by atoms with E-state index in [1.165, 1.54) is 11.6 Å². The molecule has 0 unspecified atom stereocenters. The summed E-state index contributed by atoms with van der Waals surface area (Å²) >= 11 is 7.62. The lowest BCUT2D eigenvalue weighted by Gasteiger charge is -2.10. The van der Waals surface area contributed by atoms with Crippen molar-refractivity contribution in [3.8, 4) is 0 Å². The summed E-state index contributed by atoms with van der Waals surface area (Å²) in [7, 11) is 0. The van der Waals surface area contributed by atoms with Crippen molar-refractivity contribution in [2.45, 2.75) is 13.0 Å². The maximum atomic E-state index is 13.3. The summed E-state index contributed by atoms with van der Waals surface area (Å²) < 4.78 is 14.3. The van der Waals surface area contributed by atoms with Gasteiger partial charge in [0, 0.05) is 40.1 Å². The van der Waals surface area contributed by atoms with E-state index in [0.717, 1.165) is 52.7 Å². The van der Waals surface area contributed by atoms with Crippen molar-refractivity contribution in [1.29, 1.82) is 0 Å². The van der Waals surface area contributed by atoms with Gasteiger partial charge >= 0.3 is 0 Å². The first-order valence-corrected chi connectivity index (χ1v) is 10.1. The van der Waals surface area contributed by atoms with Crippen LogP contribution in [0.3, 0.4) is 0 Å². The zero-order valence-electron chi connectivity index (χ0n) is 14.6.